The van der Waals surface area contributed by atoms with Crippen LogP contribution in [-0.4, -0.2) is 0 Å². The molecule has 0 aromatic heterocycles. The van der Waals surface area contributed by atoms with Crippen molar-refractivity contribution in [1.82, 2.24) is 0 Å². The van der Waals surface area contributed by atoms with Crippen molar-refractivity contribution in [3.8, 4) is 11.1 Å². The Labute approximate surface area is 298 Å². The fourth-order valence-corrected chi connectivity index (χ4v) is 8.78. The van der Waals surface area contributed by atoms with Crippen molar-refractivity contribution >= 4 is 10.8 Å². The van der Waals surface area contributed by atoms with Gasteiger partial charge in [0.15, 0.2) is 0 Å². The van der Waals surface area contributed by atoms with E-state index in [1.807, 2.05) is 0 Å². The van der Waals surface area contributed by atoms with Crippen LogP contribution in [0.15, 0.2) is 164 Å². The fourth-order valence-electron chi connectivity index (χ4n) is 8.78. The van der Waals surface area contributed by atoms with Crippen molar-refractivity contribution in [1.29, 1.82) is 0 Å². The molecule has 8 rings (SSSR count). The maximum Gasteiger partial charge on any atom is 0.0159 e. The highest BCUT2D eigenvalue weighted by Crippen LogP contribution is 2.51. The van der Waals surface area contributed by atoms with E-state index in [4.69, 9.17) is 0 Å². The minimum Gasteiger partial charge on any atom is -0.0622 e. The molecule has 3 unspecified atom stereocenters. The lowest BCUT2D eigenvalue weighted by molar-refractivity contribution is 0.638. The molecule has 1 aliphatic carbocycles. The minimum atomic E-state index is -0.0730. The van der Waals surface area contributed by atoms with E-state index in [0.29, 0.717) is 11.8 Å². The van der Waals surface area contributed by atoms with Crippen LogP contribution in [-0.2, 0) is 11.8 Å². The van der Waals surface area contributed by atoms with Gasteiger partial charge in [-0.25, -0.2) is 0 Å². The summed E-state index contributed by atoms with van der Waals surface area (Å²) in [6, 6.07) is 61.5. The third kappa shape index (κ3) is 5.88. The first-order valence-electron chi connectivity index (χ1n) is 18.3. The van der Waals surface area contributed by atoms with E-state index in [0.717, 1.165) is 12.8 Å². The molecule has 7 aromatic rings. The molecular weight excluding hydrogens is 601 g/mol. The molecule has 0 nitrogen and oxygen atoms in total. The number of aryl methyl sites for hydroxylation is 2. The lowest BCUT2D eigenvalue weighted by atomic mass is 9.76. The maximum atomic E-state index is 2.53. The third-order valence-electron chi connectivity index (χ3n) is 11.5. The smallest absolute Gasteiger partial charge is 0.0159 e. The average molecular weight is 647 g/mol. The van der Waals surface area contributed by atoms with Crippen LogP contribution in [0.3, 0.4) is 0 Å². The zero-order chi connectivity index (χ0) is 34.2. The number of rotatable bonds is 9. The standard InChI is InChI=1S/C50H46/c1-34-15-13-22-41(31-34)49(39-19-9-6-10-20-39)35(2)40-27-30-46-45-29-26-36(32-47(45)50(3,4)48(46)33-40)25-28-43(37-16-7-5-8-17-37)44-24-14-21-38-18-11-12-23-42(38)44/h5-24,26-27,29-33,35,43,49H,25,28H2,1-4H3. The van der Waals surface area contributed by atoms with Gasteiger partial charge >= 0.3 is 0 Å². The summed E-state index contributed by atoms with van der Waals surface area (Å²) >= 11 is 0. The maximum absolute atomic E-state index is 2.53. The summed E-state index contributed by atoms with van der Waals surface area (Å²) in [5, 5.41) is 2.67. The Kier molecular flexibility index (Phi) is 8.49. The monoisotopic (exact) mass is 646 g/mol. The highest BCUT2D eigenvalue weighted by Gasteiger charge is 2.36. The predicted molar refractivity (Wildman–Crippen MR) is 212 cm³/mol. The molecule has 0 fully saturated rings. The van der Waals surface area contributed by atoms with Crippen molar-refractivity contribution in [2.45, 2.75) is 63.7 Å². The summed E-state index contributed by atoms with van der Waals surface area (Å²) in [6.07, 6.45) is 2.09. The van der Waals surface area contributed by atoms with E-state index in [9.17, 15) is 0 Å². The van der Waals surface area contributed by atoms with Gasteiger partial charge in [0.1, 0.15) is 0 Å². The highest BCUT2D eigenvalue weighted by atomic mass is 14.4. The molecule has 0 aliphatic heterocycles. The first-order valence-corrected chi connectivity index (χ1v) is 18.3. The van der Waals surface area contributed by atoms with Gasteiger partial charge in [-0.1, -0.05) is 190 Å². The normalized spacial score (nSPS) is 14.9. The lowest BCUT2D eigenvalue weighted by Crippen LogP contribution is -2.17. The van der Waals surface area contributed by atoms with Gasteiger partial charge in [-0.05, 0) is 92.1 Å². The van der Waals surface area contributed by atoms with Gasteiger partial charge in [-0.2, -0.15) is 0 Å². The summed E-state index contributed by atoms with van der Waals surface area (Å²) in [6.45, 7) is 9.46. The SMILES string of the molecule is Cc1cccc(C(c2ccccc2)C(C)c2ccc3c(c2)C(C)(C)c2cc(CCC(c4ccccc4)c4cccc5ccccc45)ccc2-3)c1. The van der Waals surface area contributed by atoms with Crippen molar-refractivity contribution in [2.75, 3.05) is 0 Å². The quantitative estimate of drug-likeness (QED) is 0.146. The molecule has 0 saturated heterocycles. The molecule has 246 valence electrons. The zero-order valence-corrected chi connectivity index (χ0v) is 29.7. The molecule has 3 atom stereocenters. The van der Waals surface area contributed by atoms with Crippen molar-refractivity contribution in [3.05, 3.63) is 214 Å². The summed E-state index contributed by atoms with van der Waals surface area (Å²) < 4.78 is 0. The van der Waals surface area contributed by atoms with Crippen LogP contribution in [0.4, 0.5) is 0 Å². The Hall–Kier alpha value is -5.20. The van der Waals surface area contributed by atoms with Crippen LogP contribution in [0.5, 0.6) is 0 Å². The Morgan fingerprint density at radius 2 is 1.14 bits per heavy atom. The van der Waals surface area contributed by atoms with Gasteiger partial charge in [0.2, 0.25) is 0 Å². The summed E-state index contributed by atoms with van der Waals surface area (Å²) in [7, 11) is 0. The Morgan fingerprint density at radius 3 is 1.90 bits per heavy atom. The van der Waals surface area contributed by atoms with E-state index in [1.54, 1.807) is 0 Å². The number of hydrogen-bond acceptors (Lipinski definition) is 0. The molecule has 7 aromatic carbocycles. The molecule has 0 N–H and O–H groups in total. The third-order valence-corrected chi connectivity index (χ3v) is 11.5. The van der Waals surface area contributed by atoms with E-state index in [2.05, 4.69) is 191 Å². The average Bonchev–Trinajstić information content (AvgIpc) is 3.37. The van der Waals surface area contributed by atoms with Crippen LogP contribution < -0.4 is 0 Å². The van der Waals surface area contributed by atoms with Gasteiger partial charge in [-0.3, -0.25) is 0 Å². The van der Waals surface area contributed by atoms with Crippen LogP contribution in [0.2, 0.25) is 0 Å². The van der Waals surface area contributed by atoms with E-state index < -0.39 is 0 Å². The minimum absolute atomic E-state index is 0.0730. The molecule has 0 heterocycles. The van der Waals surface area contributed by atoms with Crippen molar-refractivity contribution in [2.24, 2.45) is 0 Å². The summed E-state index contributed by atoms with van der Waals surface area (Å²) in [5.74, 6) is 0.936. The van der Waals surface area contributed by atoms with Crippen LogP contribution >= 0.6 is 0 Å². The Balaban J connectivity index is 1.10. The van der Waals surface area contributed by atoms with Crippen LogP contribution in [0, 0.1) is 6.92 Å². The molecule has 0 saturated carbocycles. The van der Waals surface area contributed by atoms with E-state index in [-0.39, 0.29) is 11.3 Å². The van der Waals surface area contributed by atoms with Crippen LogP contribution in [0.1, 0.15) is 95.0 Å². The molecule has 0 spiro atoms. The van der Waals surface area contributed by atoms with Gasteiger partial charge in [0.05, 0.1) is 0 Å². The number of benzene rings is 7. The predicted octanol–water partition coefficient (Wildman–Crippen LogP) is 13.2. The molecule has 0 radical (unpaired) electrons. The van der Waals surface area contributed by atoms with E-state index >= 15 is 0 Å². The fraction of sp³-hybridized carbons (Fsp3) is 0.200. The number of hydrogen-bond donors (Lipinski definition) is 0. The molecule has 0 amide bonds. The van der Waals surface area contributed by atoms with Gasteiger partial charge in [-0.15, -0.1) is 0 Å². The first kappa shape index (κ1) is 32.0. The second-order valence-electron chi connectivity index (χ2n) is 15.0. The van der Waals surface area contributed by atoms with Crippen molar-refractivity contribution < 1.29 is 0 Å². The second kappa shape index (κ2) is 13.3. The topological polar surface area (TPSA) is 0 Å². The molecular formula is C50H46. The van der Waals surface area contributed by atoms with Gasteiger partial charge in [0, 0.05) is 17.3 Å². The summed E-state index contributed by atoms with van der Waals surface area (Å²) in [4.78, 5) is 0. The largest absolute Gasteiger partial charge is 0.0622 e. The first-order chi connectivity index (χ1) is 24.4. The molecule has 1 aliphatic rings. The Morgan fingerprint density at radius 1 is 0.520 bits per heavy atom. The molecule has 0 heteroatoms. The van der Waals surface area contributed by atoms with Gasteiger partial charge < -0.3 is 0 Å². The molecule has 50 heavy (non-hydrogen) atoms. The highest BCUT2D eigenvalue weighted by molar-refractivity contribution is 5.86. The Bertz CT molecular complexity index is 2270. The zero-order valence-electron chi connectivity index (χ0n) is 29.7. The van der Waals surface area contributed by atoms with E-state index in [1.165, 1.54) is 72.0 Å². The van der Waals surface area contributed by atoms with Gasteiger partial charge in [0.25, 0.3) is 0 Å². The summed E-state index contributed by atoms with van der Waals surface area (Å²) in [5.41, 5.74) is 15.3. The number of fused-ring (bicyclic) bond motifs is 4. The van der Waals surface area contributed by atoms with Crippen molar-refractivity contribution in [3.63, 3.8) is 0 Å². The molecule has 0 bridgehead atoms. The lowest BCUT2D eigenvalue weighted by Gasteiger charge is -2.28. The van der Waals surface area contributed by atoms with Crippen LogP contribution in [0.25, 0.3) is 21.9 Å². The second-order valence-corrected chi connectivity index (χ2v) is 15.0.